The van der Waals surface area contributed by atoms with Crippen LogP contribution in [0.15, 0.2) is 108 Å². The van der Waals surface area contributed by atoms with E-state index in [0.29, 0.717) is 21.8 Å². The Hall–Kier alpha value is -3.76. The Morgan fingerprint density at radius 1 is 0.784 bits per heavy atom. The molecule has 7 nitrogen and oxygen atoms in total. The number of rotatable bonds is 7. The minimum atomic E-state index is -3.89. The molecule has 0 aliphatic carbocycles. The number of thiocarbonyl (C=S) groups is 1. The molecule has 5 N–H and O–H groups in total. The Bertz CT molecular complexity index is 1510. The van der Waals surface area contributed by atoms with E-state index in [1.54, 1.807) is 66.7 Å². The van der Waals surface area contributed by atoms with Crippen molar-refractivity contribution in [1.29, 1.82) is 0 Å². The normalized spacial score (nSPS) is 11.8. The molecule has 0 unspecified atom stereocenters. The highest BCUT2D eigenvalue weighted by Gasteiger charge is 2.22. The lowest BCUT2D eigenvalue weighted by Crippen LogP contribution is -2.39. The first-order valence-electron chi connectivity index (χ1n) is 11.1. The van der Waals surface area contributed by atoms with Crippen LogP contribution >= 0.6 is 23.8 Å². The highest BCUT2D eigenvalue weighted by atomic mass is 35.5. The van der Waals surface area contributed by atoms with Gasteiger partial charge in [0, 0.05) is 22.0 Å². The highest BCUT2D eigenvalue weighted by Crippen LogP contribution is 2.28. The average molecular weight is 551 g/mol. The number of carbonyl (C=O) groups excluding carboxylic acids is 1. The summed E-state index contributed by atoms with van der Waals surface area (Å²) >= 11 is 11.4. The monoisotopic (exact) mass is 550 g/mol. The summed E-state index contributed by atoms with van der Waals surface area (Å²) < 4.78 is 23.9. The van der Waals surface area contributed by atoms with Gasteiger partial charge >= 0.3 is 0 Å². The number of anilines is 2. The van der Waals surface area contributed by atoms with E-state index in [1.807, 2.05) is 30.3 Å². The summed E-state index contributed by atoms with van der Waals surface area (Å²) in [5.41, 5.74) is 3.10. The summed E-state index contributed by atoms with van der Waals surface area (Å²) in [5.74, 6) is -0.329. The van der Waals surface area contributed by atoms with Crippen LogP contribution in [0.2, 0.25) is 5.02 Å². The predicted octanol–water partition coefficient (Wildman–Crippen LogP) is 5.32. The molecule has 0 saturated carbocycles. The van der Waals surface area contributed by atoms with Crippen LogP contribution in [0.25, 0.3) is 11.1 Å². The maximum absolute atomic E-state index is 13.3. The summed E-state index contributed by atoms with van der Waals surface area (Å²) in [7, 11) is -3.89. The molecule has 188 valence electrons. The van der Waals surface area contributed by atoms with E-state index in [2.05, 4.69) is 16.0 Å². The summed E-state index contributed by atoms with van der Waals surface area (Å²) in [6.45, 7) is 0. The van der Waals surface area contributed by atoms with Gasteiger partial charge in [0.15, 0.2) is 5.11 Å². The molecule has 0 spiro atoms. The van der Waals surface area contributed by atoms with Gasteiger partial charge in [0.1, 0.15) is 6.04 Å². The molecule has 0 radical (unpaired) electrons. The number of benzene rings is 4. The minimum absolute atomic E-state index is 0.0295. The van der Waals surface area contributed by atoms with Gasteiger partial charge in [-0.3, -0.25) is 4.79 Å². The molecule has 0 aliphatic rings. The van der Waals surface area contributed by atoms with Crippen molar-refractivity contribution >= 4 is 56.2 Å². The molecule has 0 heterocycles. The van der Waals surface area contributed by atoms with Gasteiger partial charge in [0.25, 0.3) is 5.91 Å². The highest BCUT2D eigenvalue weighted by molar-refractivity contribution is 7.89. The van der Waals surface area contributed by atoms with Gasteiger partial charge in [-0.2, -0.15) is 0 Å². The SMILES string of the molecule is NS(=O)(=O)c1ccccc1-c1ccc(NC(=O)[C@@H](NC(=S)Nc2ccc(Cl)cc2)c2ccccc2)cc1. The molecule has 4 rings (SSSR count). The van der Waals surface area contributed by atoms with E-state index >= 15 is 0 Å². The predicted molar refractivity (Wildman–Crippen MR) is 152 cm³/mol. The third-order valence-electron chi connectivity index (χ3n) is 5.43. The van der Waals surface area contributed by atoms with Gasteiger partial charge in [0.05, 0.1) is 4.90 Å². The van der Waals surface area contributed by atoms with Crippen LogP contribution in [0.5, 0.6) is 0 Å². The molecule has 0 fully saturated rings. The van der Waals surface area contributed by atoms with E-state index < -0.39 is 16.1 Å². The van der Waals surface area contributed by atoms with Crippen LogP contribution in [-0.2, 0) is 14.8 Å². The van der Waals surface area contributed by atoms with Crippen LogP contribution < -0.4 is 21.1 Å². The lowest BCUT2D eigenvalue weighted by atomic mass is 10.0. The molecule has 0 bridgehead atoms. The zero-order chi connectivity index (χ0) is 26.4. The second-order valence-electron chi connectivity index (χ2n) is 8.06. The summed E-state index contributed by atoms with van der Waals surface area (Å²) in [4.78, 5) is 13.3. The minimum Gasteiger partial charge on any atom is -0.347 e. The maximum atomic E-state index is 13.3. The van der Waals surface area contributed by atoms with Crippen LogP contribution in [0, 0.1) is 0 Å². The van der Waals surface area contributed by atoms with Crippen LogP contribution in [0.3, 0.4) is 0 Å². The van der Waals surface area contributed by atoms with Crippen molar-refractivity contribution in [3.05, 3.63) is 114 Å². The van der Waals surface area contributed by atoms with E-state index in [4.69, 9.17) is 29.0 Å². The fourth-order valence-corrected chi connectivity index (χ4v) is 4.80. The topological polar surface area (TPSA) is 113 Å². The molecule has 0 aliphatic heterocycles. The molecule has 4 aromatic rings. The van der Waals surface area contributed by atoms with Gasteiger partial charge < -0.3 is 16.0 Å². The number of hydrogen-bond acceptors (Lipinski definition) is 4. The van der Waals surface area contributed by atoms with E-state index in [0.717, 1.165) is 11.3 Å². The number of primary sulfonamides is 1. The van der Waals surface area contributed by atoms with E-state index in [-0.39, 0.29) is 15.9 Å². The van der Waals surface area contributed by atoms with Crippen LogP contribution in [-0.4, -0.2) is 19.4 Å². The standard InChI is InChI=1S/C27H23ClN4O3S2/c28-20-12-16-22(17-13-20)31-27(36)32-25(19-6-2-1-3-7-19)26(33)30-21-14-10-18(11-15-21)23-8-4-5-9-24(23)37(29,34)35/h1-17,25H,(H,30,33)(H2,29,34,35)(H2,31,32,36)/t25-/m0/s1. The Balaban J connectivity index is 1.52. The fourth-order valence-electron chi connectivity index (χ4n) is 3.68. The number of nitrogens with one attached hydrogen (secondary N) is 3. The zero-order valence-electron chi connectivity index (χ0n) is 19.4. The third-order valence-corrected chi connectivity index (χ3v) is 6.87. The Kier molecular flexibility index (Phi) is 8.20. The van der Waals surface area contributed by atoms with Crippen LogP contribution in [0.1, 0.15) is 11.6 Å². The number of sulfonamides is 1. The second kappa shape index (κ2) is 11.5. The second-order valence-corrected chi connectivity index (χ2v) is 10.4. The molecule has 1 amide bonds. The quantitative estimate of drug-likeness (QED) is 0.232. The molecule has 1 atom stereocenters. The number of carbonyl (C=O) groups is 1. The number of amides is 1. The van der Waals surface area contributed by atoms with Gasteiger partial charge in [-0.15, -0.1) is 0 Å². The van der Waals surface area contributed by atoms with Gasteiger partial charge in [0.2, 0.25) is 10.0 Å². The van der Waals surface area contributed by atoms with Crippen molar-refractivity contribution in [2.75, 3.05) is 10.6 Å². The number of hydrogen-bond donors (Lipinski definition) is 4. The van der Waals surface area contributed by atoms with Crippen molar-refractivity contribution in [2.45, 2.75) is 10.9 Å². The molecular weight excluding hydrogens is 528 g/mol. The smallest absolute Gasteiger partial charge is 0.251 e. The van der Waals surface area contributed by atoms with Crippen molar-refractivity contribution in [2.24, 2.45) is 5.14 Å². The summed E-state index contributed by atoms with van der Waals surface area (Å²) in [5, 5.41) is 15.2. The largest absolute Gasteiger partial charge is 0.347 e. The first kappa shape index (κ1) is 26.3. The Morgan fingerprint density at radius 2 is 1.35 bits per heavy atom. The maximum Gasteiger partial charge on any atom is 0.251 e. The summed E-state index contributed by atoms with van der Waals surface area (Å²) in [6, 6.07) is 28.8. The van der Waals surface area contributed by atoms with Crippen molar-refractivity contribution in [3.63, 3.8) is 0 Å². The van der Waals surface area contributed by atoms with E-state index in [9.17, 15) is 13.2 Å². The molecule has 0 aromatic heterocycles. The molecule has 0 saturated heterocycles. The fraction of sp³-hybridized carbons (Fsp3) is 0.0370. The van der Waals surface area contributed by atoms with Crippen LogP contribution in [0.4, 0.5) is 11.4 Å². The van der Waals surface area contributed by atoms with Crippen molar-refractivity contribution in [3.8, 4) is 11.1 Å². The zero-order valence-corrected chi connectivity index (χ0v) is 21.8. The summed E-state index contributed by atoms with van der Waals surface area (Å²) in [6.07, 6.45) is 0. The first-order valence-corrected chi connectivity index (χ1v) is 13.4. The Labute approximate surface area is 225 Å². The lowest BCUT2D eigenvalue weighted by molar-refractivity contribution is -0.117. The lowest BCUT2D eigenvalue weighted by Gasteiger charge is -2.21. The molecule has 10 heteroatoms. The molecule has 37 heavy (non-hydrogen) atoms. The Morgan fingerprint density at radius 3 is 2.00 bits per heavy atom. The van der Waals surface area contributed by atoms with E-state index in [1.165, 1.54) is 6.07 Å². The van der Waals surface area contributed by atoms with Crippen molar-refractivity contribution < 1.29 is 13.2 Å². The average Bonchev–Trinajstić information content (AvgIpc) is 2.89. The van der Waals surface area contributed by atoms with Gasteiger partial charge in [-0.25, -0.2) is 13.6 Å². The number of halogens is 1. The molecular formula is C27H23ClN4O3S2. The first-order chi connectivity index (χ1) is 17.7. The number of nitrogens with two attached hydrogens (primary N) is 1. The van der Waals surface area contributed by atoms with Gasteiger partial charge in [-0.05, 0) is 65.8 Å². The van der Waals surface area contributed by atoms with Gasteiger partial charge in [-0.1, -0.05) is 72.3 Å². The third kappa shape index (κ3) is 6.93. The van der Waals surface area contributed by atoms with Crippen molar-refractivity contribution in [1.82, 2.24) is 5.32 Å². The molecule has 4 aromatic carbocycles.